The van der Waals surface area contributed by atoms with Crippen LogP contribution in [0.2, 0.25) is 0 Å². The fourth-order valence-corrected chi connectivity index (χ4v) is 1.22. The molecule has 0 fully saturated rings. The molecule has 1 aromatic rings. The highest BCUT2D eigenvalue weighted by Crippen LogP contribution is 2.31. The highest BCUT2D eigenvalue weighted by atomic mass is 19.4. The van der Waals surface area contributed by atoms with E-state index < -0.39 is 17.7 Å². The van der Waals surface area contributed by atoms with Crippen LogP contribution in [-0.2, 0) is 15.7 Å². The molecule has 0 heterocycles. The van der Waals surface area contributed by atoms with Crippen LogP contribution in [0.3, 0.4) is 0 Å². The van der Waals surface area contributed by atoms with E-state index in [-0.39, 0.29) is 24.5 Å². The van der Waals surface area contributed by atoms with Crippen molar-refractivity contribution in [2.24, 2.45) is 0 Å². The minimum atomic E-state index is -4.43. The maximum atomic E-state index is 12.4. The van der Waals surface area contributed by atoms with E-state index in [1.165, 1.54) is 12.1 Å². The average molecular weight is 274 g/mol. The summed E-state index contributed by atoms with van der Waals surface area (Å²) in [5.74, 6) is -0.616. The van der Waals surface area contributed by atoms with Gasteiger partial charge in [0.1, 0.15) is 12.4 Å². The first-order chi connectivity index (χ1) is 8.84. The summed E-state index contributed by atoms with van der Waals surface area (Å²) in [5, 5.41) is 0. The summed E-state index contributed by atoms with van der Waals surface area (Å²) in [6, 6.07) is 4.39. The number of carbonyl (C=O) groups is 1. The number of hydrogen-bond donors (Lipinski definition) is 0. The second-order valence-corrected chi connectivity index (χ2v) is 3.64. The summed E-state index contributed by atoms with van der Waals surface area (Å²) in [5.41, 5.74) is -0.772. The monoisotopic (exact) mass is 274 g/mol. The zero-order valence-electron chi connectivity index (χ0n) is 10.3. The zero-order valence-corrected chi connectivity index (χ0v) is 10.3. The summed E-state index contributed by atoms with van der Waals surface area (Å²) in [6.45, 7) is 5.05. The number of benzene rings is 1. The molecule has 3 nitrogen and oxygen atoms in total. The van der Waals surface area contributed by atoms with E-state index in [1.54, 1.807) is 6.92 Å². The van der Waals surface area contributed by atoms with E-state index in [9.17, 15) is 18.0 Å². The molecule has 1 aromatic carbocycles. The molecule has 0 aliphatic heterocycles. The van der Waals surface area contributed by atoms with Crippen LogP contribution in [0.25, 0.3) is 0 Å². The minimum Gasteiger partial charge on any atom is -0.489 e. The van der Waals surface area contributed by atoms with Gasteiger partial charge < -0.3 is 9.47 Å². The summed E-state index contributed by atoms with van der Waals surface area (Å²) in [4.78, 5) is 11.2. The van der Waals surface area contributed by atoms with E-state index in [1.807, 2.05) is 0 Å². The smallest absolute Gasteiger partial charge is 0.416 e. The van der Waals surface area contributed by atoms with Crippen LogP contribution in [-0.4, -0.2) is 19.2 Å². The van der Waals surface area contributed by atoms with Crippen LogP contribution in [0.15, 0.2) is 36.4 Å². The molecule has 1 rings (SSSR count). The number of alkyl halides is 3. The second-order valence-electron chi connectivity index (χ2n) is 3.64. The predicted molar refractivity (Wildman–Crippen MR) is 62.7 cm³/mol. The van der Waals surface area contributed by atoms with Crippen molar-refractivity contribution in [2.45, 2.75) is 13.1 Å². The van der Waals surface area contributed by atoms with Gasteiger partial charge in [0.25, 0.3) is 0 Å². The molecule has 0 atom stereocenters. The molecule has 0 N–H and O–H groups in total. The molecule has 0 aromatic heterocycles. The largest absolute Gasteiger partial charge is 0.489 e. The Balaban J connectivity index is 2.64. The van der Waals surface area contributed by atoms with E-state index in [0.29, 0.717) is 0 Å². The Morgan fingerprint density at radius 3 is 2.63 bits per heavy atom. The molecule has 0 aliphatic carbocycles. The number of rotatable bonds is 5. The maximum absolute atomic E-state index is 12.4. The summed E-state index contributed by atoms with van der Waals surface area (Å²) in [6.07, 6.45) is -4.43. The van der Waals surface area contributed by atoms with Crippen molar-refractivity contribution < 1.29 is 27.4 Å². The van der Waals surface area contributed by atoms with Crippen LogP contribution >= 0.6 is 0 Å². The van der Waals surface area contributed by atoms with Gasteiger partial charge in [-0.05, 0) is 25.1 Å². The van der Waals surface area contributed by atoms with Gasteiger partial charge in [-0.2, -0.15) is 13.2 Å². The molecule has 0 spiro atoms. The number of ether oxygens (including phenoxy) is 2. The van der Waals surface area contributed by atoms with Crippen LogP contribution in [0, 0.1) is 0 Å². The summed E-state index contributed by atoms with van der Waals surface area (Å²) in [7, 11) is 0. The molecule has 104 valence electrons. The van der Waals surface area contributed by atoms with Gasteiger partial charge in [0.15, 0.2) is 0 Å². The van der Waals surface area contributed by atoms with Crippen molar-refractivity contribution in [3.8, 4) is 5.75 Å². The number of hydrogen-bond acceptors (Lipinski definition) is 3. The molecule has 0 saturated heterocycles. The van der Waals surface area contributed by atoms with Gasteiger partial charge in [-0.1, -0.05) is 12.6 Å². The molecule has 0 aliphatic rings. The van der Waals surface area contributed by atoms with Crippen molar-refractivity contribution in [1.29, 1.82) is 0 Å². The van der Waals surface area contributed by atoms with Gasteiger partial charge in [-0.25, -0.2) is 4.79 Å². The number of carbonyl (C=O) groups excluding carboxylic acids is 1. The van der Waals surface area contributed by atoms with Crippen molar-refractivity contribution >= 4 is 5.97 Å². The van der Waals surface area contributed by atoms with Gasteiger partial charge in [0, 0.05) is 0 Å². The number of halogens is 3. The summed E-state index contributed by atoms with van der Waals surface area (Å²) >= 11 is 0. The van der Waals surface area contributed by atoms with Gasteiger partial charge in [0.2, 0.25) is 0 Å². The molecule has 0 radical (unpaired) electrons. The first-order valence-electron chi connectivity index (χ1n) is 5.49. The molecular formula is C13H13F3O3. The number of esters is 1. The molecule has 0 saturated carbocycles. The lowest BCUT2D eigenvalue weighted by Gasteiger charge is -2.11. The topological polar surface area (TPSA) is 35.5 Å². The Bertz CT molecular complexity index is 466. The standard InChI is InChI=1S/C13H13F3O3/c1-3-18-12(17)9(2)8-19-11-6-4-5-10(7-11)13(14,15)16/h4-7H,2-3,8H2,1H3. The molecule has 19 heavy (non-hydrogen) atoms. The van der Waals surface area contributed by atoms with Crippen molar-refractivity contribution in [2.75, 3.05) is 13.2 Å². The third-order valence-corrected chi connectivity index (χ3v) is 2.14. The first-order valence-corrected chi connectivity index (χ1v) is 5.49. The van der Waals surface area contributed by atoms with E-state index in [4.69, 9.17) is 4.74 Å². The van der Waals surface area contributed by atoms with Gasteiger partial charge >= 0.3 is 12.1 Å². The van der Waals surface area contributed by atoms with Crippen LogP contribution in [0.5, 0.6) is 5.75 Å². The lowest BCUT2D eigenvalue weighted by atomic mass is 10.2. The van der Waals surface area contributed by atoms with E-state index >= 15 is 0 Å². The van der Waals surface area contributed by atoms with Gasteiger partial charge in [-0.3, -0.25) is 0 Å². The van der Waals surface area contributed by atoms with Crippen LogP contribution in [0.1, 0.15) is 12.5 Å². The van der Waals surface area contributed by atoms with Crippen LogP contribution in [0.4, 0.5) is 13.2 Å². The third kappa shape index (κ3) is 4.65. The third-order valence-electron chi connectivity index (χ3n) is 2.14. The van der Waals surface area contributed by atoms with Gasteiger partial charge in [0.05, 0.1) is 17.7 Å². The molecule has 0 amide bonds. The predicted octanol–water partition coefficient (Wildman–Crippen LogP) is 3.20. The normalized spacial score (nSPS) is 10.9. The zero-order chi connectivity index (χ0) is 14.5. The maximum Gasteiger partial charge on any atom is 0.416 e. The Labute approximate surface area is 108 Å². The van der Waals surface area contributed by atoms with Crippen molar-refractivity contribution in [1.82, 2.24) is 0 Å². The second kappa shape index (κ2) is 6.26. The Morgan fingerprint density at radius 1 is 1.37 bits per heavy atom. The Hall–Kier alpha value is -1.98. The Morgan fingerprint density at radius 2 is 2.05 bits per heavy atom. The highest BCUT2D eigenvalue weighted by Gasteiger charge is 2.30. The van der Waals surface area contributed by atoms with Crippen LogP contribution < -0.4 is 4.74 Å². The minimum absolute atomic E-state index is 0.0141. The summed E-state index contributed by atoms with van der Waals surface area (Å²) < 4.78 is 47.1. The van der Waals surface area contributed by atoms with Crippen molar-refractivity contribution in [3.63, 3.8) is 0 Å². The highest BCUT2D eigenvalue weighted by molar-refractivity contribution is 5.88. The molecular weight excluding hydrogens is 261 g/mol. The lowest BCUT2D eigenvalue weighted by molar-refractivity contribution is -0.139. The molecule has 0 unspecified atom stereocenters. The van der Waals surface area contributed by atoms with E-state index in [2.05, 4.69) is 11.3 Å². The average Bonchev–Trinajstić information content (AvgIpc) is 2.35. The SMILES string of the molecule is C=C(COc1cccc(C(F)(F)F)c1)C(=O)OCC. The quantitative estimate of drug-likeness (QED) is 0.611. The Kier molecular flexibility index (Phi) is 4.97. The first kappa shape index (κ1) is 15.1. The molecule has 6 heteroatoms. The lowest BCUT2D eigenvalue weighted by Crippen LogP contribution is -2.13. The van der Waals surface area contributed by atoms with E-state index in [0.717, 1.165) is 12.1 Å². The van der Waals surface area contributed by atoms with Gasteiger partial charge in [-0.15, -0.1) is 0 Å². The van der Waals surface area contributed by atoms with Crippen molar-refractivity contribution in [3.05, 3.63) is 42.0 Å². The fourth-order valence-electron chi connectivity index (χ4n) is 1.22. The molecule has 0 bridgehead atoms. The fraction of sp³-hybridized carbons (Fsp3) is 0.308.